The lowest BCUT2D eigenvalue weighted by molar-refractivity contribution is -0.123. The van der Waals surface area contributed by atoms with Gasteiger partial charge in [-0.25, -0.2) is 0 Å². The second kappa shape index (κ2) is 9.82. The molecule has 0 unspecified atom stereocenters. The summed E-state index contributed by atoms with van der Waals surface area (Å²) in [5.41, 5.74) is 3.61. The standard InChI is InChI=1S/C20H16BrClN2O4S2/c1-3-28-15-9-11(8-14(21)17(15)27-2)10-16-19(26)24(20(29)30-16)23-18(25)12-4-6-13(22)7-5-12/h4-10H,3H2,1-2H3,(H,23,25)/b16-10-. The SMILES string of the molecule is CCOc1cc(/C=C2\SC(=S)N(NC(=O)c3ccc(Cl)cc3)C2=O)cc(Br)c1OC. The van der Waals surface area contributed by atoms with Crippen LogP contribution >= 0.6 is 51.5 Å². The summed E-state index contributed by atoms with van der Waals surface area (Å²) in [5, 5.41) is 1.57. The molecule has 3 rings (SSSR count). The van der Waals surface area contributed by atoms with Gasteiger partial charge in [0.2, 0.25) is 0 Å². The van der Waals surface area contributed by atoms with E-state index in [-0.39, 0.29) is 4.32 Å². The van der Waals surface area contributed by atoms with Gasteiger partial charge in [0.05, 0.1) is 23.1 Å². The lowest BCUT2D eigenvalue weighted by atomic mass is 10.2. The van der Waals surface area contributed by atoms with Crippen molar-refractivity contribution in [3.05, 3.63) is 61.9 Å². The monoisotopic (exact) mass is 526 g/mol. The molecule has 6 nitrogen and oxygen atoms in total. The molecule has 2 aromatic rings. The molecule has 0 radical (unpaired) electrons. The van der Waals surface area contributed by atoms with E-state index in [4.69, 9.17) is 33.3 Å². The number of benzene rings is 2. The fraction of sp³-hybridized carbons (Fsp3) is 0.150. The highest BCUT2D eigenvalue weighted by Crippen LogP contribution is 2.38. The lowest BCUT2D eigenvalue weighted by Crippen LogP contribution is -2.44. The summed E-state index contributed by atoms with van der Waals surface area (Å²) in [6, 6.07) is 9.90. The molecule has 1 N–H and O–H groups in total. The average Bonchev–Trinajstić information content (AvgIpc) is 2.96. The molecule has 0 spiro atoms. The maximum Gasteiger partial charge on any atom is 0.285 e. The Hall–Kier alpha value is -2.07. The molecule has 0 bridgehead atoms. The molecule has 0 saturated carbocycles. The maximum absolute atomic E-state index is 12.8. The van der Waals surface area contributed by atoms with Gasteiger partial charge < -0.3 is 9.47 Å². The fourth-order valence-electron chi connectivity index (χ4n) is 2.62. The van der Waals surface area contributed by atoms with E-state index < -0.39 is 11.8 Å². The van der Waals surface area contributed by atoms with Crippen LogP contribution in [-0.2, 0) is 4.79 Å². The van der Waals surface area contributed by atoms with Crippen LogP contribution in [0.4, 0.5) is 0 Å². The molecule has 0 aliphatic carbocycles. The number of carbonyl (C=O) groups is 2. The summed E-state index contributed by atoms with van der Waals surface area (Å²) in [6.45, 7) is 2.33. The second-order valence-electron chi connectivity index (χ2n) is 5.93. The first-order valence-corrected chi connectivity index (χ1v) is 11.1. The van der Waals surface area contributed by atoms with Crippen LogP contribution in [0.15, 0.2) is 45.8 Å². The van der Waals surface area contributed by atoms with Crippen LogP contribution in [0, 0.1) is 0 Å². The molecule has 1 aliphatic rings. The summed E-state index contributed by atoms with van der Waals surface area (Å²) in [5.74, 6) is 0.233. The van der Waals surface area contributed by atoms with E-state index in [0.29, 0.717) is 38.1 Å². The number of hydrazine groups is 1. The number of nitrogens with zero attached hydrogens (tertiary/aromatic N) is 1. The van der Waals surface area contributed by atoms with E-state index in [0.717, 1.165) is 22.3 Å². The molecule has 2 amide bonds. The zero-order chi connectivity index (χ0) is 21.8. The van der Waals surface area contributed by atoms with Crippen LogP contribution in [0.1, 0.15) is 22.8 Å². The molecular weight excluding hydrogens is 512 g/mol. The largest absolute Gasteiger partial charge is 0.492 e. The molecule has 0 aromatic heterocycles. The molecule has 2 aromatic carbocycles. The van der Waals surface area contributed by atoms with Crippen molar-refractivity contribution in [3.63, 3.8) is 0 Å². The summed E-state index contributed by atoms with van der Waals surface area (Å²) >= 11 is 15.7. The Bertz CT molecular complexity index is 1040. The van der Waals surface area contributed by atoms with Crippen LogP contribution in [0.3, 0.4) is 0 Å². The normalized spacial score (nSPS) is 14.9. The zero-order valence-corrected chi connectivity index (χ0v) is 19.9. The van der Waals surface area contributed by atoms with Crippen molar-refractivity contribution >= 4 is 73.7 Å². The first-order chi connectivity index (χ1) is 14.3. The highest BCUT2D eigenvalue weighted by Gasteiger charge is 2.34. The number of rotatable bonds is 6. The Labute approximate surface area is 196 Å². The van der Waals surface area contributed by atoms with E-state index in [9.17, 15) is 9.59 Å². The van der Waals surface area contributed by atoms with Gasteiger partial charge in [-0.2, -0.15) is 5.01 Å². The number of methoxy groups -OCH3 is 1. The van der Waals surface area contributed by atoms with Gasteiger partial charge in [-0.3, -0.25) is 15.0 Å². The van der Waals surface area contributed by atoms with Gasteiger partial charge in [0.25, 0.3) is 11.8 Å². The van der Waals surface area contributed by atoms with E-state index in [2.05, 4.69) is 21.4 Å². The summed E-state index contributed by atoms with van der Waals surface area (Å²) in [6.07, 6.45) is 1.68. The van der Waals surface area contributed by atoms with Crippen molar-refractivity contribution in [1.82, 2.24) is 10.4 Å². The molecule has 0 atom stereocenters. The Morgan fingerprint density at radius 2 is 2.03 bits per heavy atom. The smallest absolute Gasteiger partial charge is 0.285 e. The van der Waals surface area contributed by atoms with Gasteiger partial charge in [0.1, 0.15) is 0 Å². The first-order valence-electron chi connectivity index (χ1n) is 8.69. The van der Waals surface area contributed by atoms with E-state index >= 15 is 0 Å². The van der Waals surface area contributed by atoms with Crippen LogP contribution < -0.4 is 14.9 Å². The third-order valence-corrected chi connectivity index (χ3v) is 6.09. The number of carbonyl (C=O) groups excluding carboxylic acids is 2. The number of hydrogen-bond acceptors (Lipinski definition) is 6. The third-order valence-electron chi connectivity index (χ3n) is 3.95. The molecule has 1 heterocycles. The third kappa shape index (κ3) is 4.97. The Morgan fingerprint density at radius 1 is 1.33 bits per heavy atom. The number of halogens is 2. The lowest BCUT2D eigenvalue weighted by Gasteiger charge is -2.15. The summed E-state index contributed by atoms with van der Waals surface area (Å²) in [4.78, 5) is 25.6. The van der Waals surface area contributed by atoms with Gasteiger partial charge in [-0.15, -0.1) is 0 Å². The highest BCUT2D eigenvalue weighted by molar-refractivity contribution is 9.10. The van der Waals surface area contributed by atoms with Crippen LogP contribution in [0.5, 0.6) is 11.5 Å². The Morgan fingerprint density at radius 3 is 2.67 bits per heavy atom. The summed E-state index contributed by atoms with van der Waals surface area (Å²) < 4.78 is 11.9. The van der Waals surface area contributed by atoms with Crippen LogP contribution in [0.2, 0.25) is 5.02 Å². The van der Waals surface area contributed by atoms with Crippen molar-refractivity contribution in [2.45, 2.75) is 6.92 Å². The van der Waals surface area contributed by atoms with Crippen molar-refractivity contribution < 1.29 is 19.1 Å². The number of nitrogens with one attached hydrogen (secondary N) is 1. The number of hydrogen-bond donors (Lipinski definition) is 1. The molecule has 1 fully saturated rings. The molecular formula is C20H16BrClN2O4S2. The fourth-order valence-corrected chi connectivity index (χ4v) is 4.54. The minimum absolute atomic E-state index is 0.228. The Kier molecular flexibility index (Phi) is 7.41. The van der Waals surface area contributed by atoms with E-state index in [1.165, 1.54) is 0 Å². The molecule has 10 heteroatoms. The van der Waals surface area contributed by atoms with E-state index in [1.54, 1.807) is 49.6 Å². The molecule has 156 valence electrons. The molecule has 1 aliphatic heterocycles. The van der Waals surface area contributed by atoms with Gasteiger partial charge in [0, 0.05) is 10.6 Å². The number of amides is 2. The maximum atomic E-state index is 12.8. The van der Waals surface area contributed by atoms with Crippen molar-refractivity contribution in [2.24, 2.45) is 0 Å². The van der Waals surface area contributed by atoms with Crippen molar-refractivity contribution in [3.8, 4) is 11.5 Å². The quantitative estimate of drug-likeness (QED) is 0.419. The van der Waals surface area contributed by atoms with E-state index in [1.807, 2.05) is 6.92 Å². The molecule has 30 heavy (non-hydrogen) atoms. The van der Waals surface area contributed by atoms with Gasteiger partial charge in [0.15, 0.2) is 15.8 Å². The van der Waals surface area contributed by atoms with Crippen molar-refractivity contribution in [2.75, 3.05) is 13.7 Å². The van der Waals surface area contributed by atoms with Crippen molar-refractivity contribution in [1.29, 1.82) is 0 Å². The molecule has 1 saturated heterocycles. The summed E-state index contributed by atoms with van der Waals surface area (Å²) in [7, 11) is 1.55. The topological polar surface area (TPSA) is 67.9 Å². The highest BCUT2D eigenvalue weighted by atomic mass is 79.9. The minimum Gasteiger partial charge on any atom is -0.492 e. The number of thioether (sulfide) groups is 1. The Balaban J connectivity index is 1.82. The van der Waals surface area contributed by atoms with Crippen LogP contribution in [-0.4, -0.2) is 34.9 Å². The predicted molar refractivity (Wildman–Crippen MR) is 126 cm³/mol. The average molecular weight is 528 g/mol. The zero-order valence-electron chi connectivity index (χ0n) is 15.9. The van der Waals surface area contributed by atoms with Gasteiger partial charge >= 0.3 is 0 Å². The number of thiocarbonyl (C=S) groups is 1. The van der Waals surface area contributed by atoms with Gasteiger partial charge in [-0.1, -0.05) is 23.4 Å². The minimum atomic E-state index is -0.463. The first kappa shape index (κ1) is 22.6. The van der Waals surface area contributed by atoms with Crippen LogP contribution in [0.25, 0.3) is 6.08 Å². The van der Waals surface area contributed by atoms with Gasteiger partial charge in [-0.05, 0) is 83.1 Å². The number of ether oxygens (including phenoxy) is 2. The predicted octanol–water partition coefficient (Wildman–Crippen LogP) is 5.06. The second-order valence-corrected chi connectivity index (χ2v) is 8.90.